The first-order valence-corrected chi connectivity index (χ1v) is 7.45. The molecule has 3 atom stereocenters. The maximum Gasteiger partial charge on any atom is 0.125 e. The number of hydrogen-bond donors (Lipinski definition) is 1. The molecular weight excluding hydrogens is 236 g/mol. The molecule has 104 valence electrons. The van der Waals surface area contributed by atoms with Gasteiger partial charge < -0.3 is 9.84 Å². The monoisotopic (exact) mass is 260 g/mol. The van der Waals surface area contributed by atoms with Crippen molar-refractivity contribution in [1.29, 1.82) is 0 Å². The summed E-state index contributed by atoms with van der Waals surface area (Å²) in [5, 5.41) is 10.5. The van der Waals surface area contributed by atoms with Crippen LogP contribution in [0.2, 0.25) is 0 Å². The molecular formula is C17H24O2. The predicted molar refractivity (Wildman–Crippen MR) is 76.3 cm³/mol. The van der Waals surface area contributed by atoms with Gasteiger partial charge in [0.1, 0.15) is 11.4 Å². The Kier molecular flexibility index (Phi) is 3.09. The van der Waals surface area contributed by atoms with Gasteiger partial charge in [0.2, 0.25) is 0 Å². The van der Waals surface area contributed by atoms with Crippen molar-refractivity contribution in [2.75, 3.05) is 0 Å². The first kappa shape index (κ1) is 13.0. The lowest BCUT2D eigenvalue weighted by molar-refractivity contribution is -0.0624. The summed E-state index contributed by atoms with van der Waals surface area (Å²) in [7, 11) is 0. The normalized spacial score (nSPS) is 37.8. The first-order valence-electron chi connectivity index (χ1n) is 7.45. The van der Waals surface area contributed by atoms with Crippen LogP contribution in [0, 0.1) is 18.8 Å². The highest BCUT2D eigenvalue weighted by Gasteiger charge is 2.45. The van der Waals surface area contributed by atoms with Crippen molar-refractivity contribution < 1.29 is 9.84 Å². The van der Waals surface area contributed by atoms with E-state index in [2.05, 4.69) is 32.9 Å². The van der Waals surface area contributed by atoms with Crippen LogP contribution in [0.5, 0.6) is 5.75 Å². The molecule has 0 amide bonds. The summed E-state index contributed by atoms with van der Waals surface area (Å²) in [5.41, 5.74) is 2.01. The summed E-state index contributed by atoms with van der Waals surface area (Å²) in [4.78, 5) is 0. The Morgan fingerprint density at radius 1 is 1.16 bits per heavy atom. The highest BCUT2D eigenvalue weighted by molar-refractivity contribution is 5.41. The fraction of sp³-hybridized carbons (Fsp3) is 0.647. The average molecular weight is 260 g/mol. The second-order valence-corrected chi connectivity index (χ2v) is 6.90. The van der Waals surface area contributed by atoms with Gasteiger partial charge in [-0.25, -0.2) is 0 Å². The minimum absolute atomic E-state index is 0.140. The lowest BCUT2D eigenvalue weighted by atomic mass is 9.70. The molecule has 0 bridgehead atoms. The Hall–Kier alpha value is -1.02. The molecule has 1 N–H and O–H groups in total. The van der Waals surface area contributed by atoms with Crippen LogP contribution in [0.3, 0.4) is 0 Å². The molecule has 1 aliphatic carbocycles. The van der Waals surface area contributed by atoms with Crippen molar-refractivity contribution in [2.24, 2.45) is 11.8 Å². The predicted octanol–water partition coefficient (Wildman–Crippen LogP) is 4.01. The molecule has 1 fully saturated rings. The standard InChI is InChI=1S/C17H24O2/c1-11-4-5-16-14(7-11)15(18)10-17(19-16)8-12(2)6-13(3)9-17/h4-5,7,12-13,15,18H,6,8-10H2,1-3H3/t12?,13?,15-,17?/m1/s1. The zero-order valence-electron chi connectivity index (χ0n) is 12.1. The van der Waals surface area contributed by atoms with Crippen molar-refractivity contribution in [3.8, 4) is 5.75 Å². The molecule has 0 saturated heterocycles. The van der Waals surface area contributed by atoms with Gasteiger partial charge in [-0.15, -0.1) is 0 Å². The SMILES string of the molecule is Cc1ccc2c(c1)[C@H](O)CC1(CC(C)CC(C)C1)O2. The summed E-state index contributed by atoms with van der Waals surface area (Å²) in [6.07, 6.45) is 3.80. The van der Waals surface area contributed by atoms with E-state index in [1.807, 2.05) is 6.07 Å². The van der Waals surface area contributed by atoms with E-state index in [4.69, 9.17) is 4.74 Å². The van der Waals surface area contributed by atoms with E-state index in [0.717, 1.165) is 30.6 Å². The van der Waals surface area contributed by atoms with Gasteiger partial charge in [0.15, 0.2) is 0 Å². The van der Waals surface area contributed by atoms with Crippen LogP contribution in [0.1, 0.15) is 56.8 Å². The van der Waals surface area contributed by atoms with Gasteiger partial charge in [0, 0.05) is 12.0 Å². The van der Waals surface area contributed by atoms with Gasteiger partial charge in [-0.05, 0) is 50.2 Å². The Bertz CT molecular complexity index is 470. The second kappa shape index (κ2) is 4.52. The van der Waals surface area contributed by atoms with Crippen molar-refractivity contribution >= 4 is 0 Å². The van der Waals surface area contributed by atoms with E-state index >= 15 is 0 Å². The Labute approximate surface area is 115 Å². The largest absolute Gasteiger partial charge is 0.487 e. The van der Waals surface area contributed by atoms with E-state index in [1.54, 1.807) is 0 Å². The molecule has 19 heavy (non-hydrogen) atoms. The molecule has 1 saturated carbocycles. The van der Waals surface area contributed by atoms with Crippen molar-refractivity contribution in [2.45, 2.75) is 58.2 Å². The minimum atomic E-state index is -0.374. The average Bonchev–Trinajstić information content (AvgIpc) is 2.28. The molecule has 2 heteroatoms. The lowest BCUT2D eigenvalue weighted by Crippen LogP contribution is -2.46. The third-order valence-electron chi connectivity index (χ3n) is 4.66. The molecule has 1 heterocycles. The maximum atomic E-state index is 10.5. The van der Waals surface area contributed by atoms with Gasteiger partial charge in [0.25, 0.3) is 0 Å². The van der Waals surface area contributed by atoms with Gasteiger partial charge in [-0.1, -0.05) is 25.5 Å². The number of ether oxygens (including phenoxy) is 1. The number of aliphatic hydroxyl groups is 1. The van der Waals surface area contributed by atoms with Crippen molar-refractivity contribution in [3.63, 3.8) is 0 Å². The molecule has 2 unspecified atom stereocenters. The Morgan fingerprint density at radius 2 is 1.84 bits per heavy atom. The molecule has 1 aliphatic heterocycles. The van der Waals surface area contributed by atoms with E-state index < -0.39 is 0 Å². The molecule has 0 aromatic heterocycles. The number of aryl methyl sites for hydroxylation is 1. The zero-order chi connectivity index (χ0) is 13.6. The topological polar surface area (TPSA) is 29.5 Å². The van der Waals surface area contributed by atoms with E-state index in [-0.39, 0.29) is 11.7 Å². The summed E-state index contributed by atoms with van der Waals surface area (Å²) < 4.78 is 6.37. The van der Waals surface area contributed by atoms with E-state index in [0.29, 0.717) is 11.8 Å². The third-order valence-corrected chi connectivity index (χ3v) is 4.66. The van der Waals surface area contributed by atoms with Crippen LogP contribution in [-0.4, -0.2) is 10.7 Å². The van der Waals surface area contributed by atoms with Gasteiger partial charge in [-0.3, -0.25) is 0 Å². The molecule has 0 radical (unpaired) electrons. The smallest absolute Gasteiger partial charge is 0.125 e. The summed E-state index contributed by atoms with van der Waals surface area (Å²) in [6, 6.07) is 6.15. The Balaban J connectivity index is 1.94. The molecule has 2 nitrogen and oxygen atoms in total. The highest BCUT2D eigenvalue weighted by atomic mass is 16.5. The molecule has 1 spiro atoms. The van der Waals surface area contributed by atoms with Crippen LogP contribution in [0.15, 0.2) is 18.2 Å². The number of aliphatic hydroxyl groups excluding tert-OH is 1. The van der Waals surface area contributed by atoms with Crippen LogP contribution in [-0.2, 0) is 0 Å². The maximum absolute atomic E-state index is 10.5. The number of hydrogen-bond acceptors (Lipinski definition) is 2. The summed E-state index contributed by atoms with van der Waals surface area (Å²) >= 11 is 0. The molecule has 1 aromatic rings. The quantitative estimate of drug-likeness (QED) is 0.764. The molecule has 3 rings (SSSR count). The van der Waals surface area contributed by atoms with Crippen LogP contribution in [0.4, 0.5) is 0 Å². The summed E-state index contributed by atoms with van der Waals surface area (Å²) in [5.74, 6) is 2.26. The Morgan fingerprint density at radius 3 is 2.53 bits per heavy atom. The number of fused-ring (bicyclic) bond motifs is 1. The van der Waals surface area contributed by atoms with Crippen LogP contribution < -0.4 is 4.74 Å². The van der Waals surface area contributed by atoms with Crippen LogP contribution in [0.25, 0.3) is 0 Å². The van der Waals surface area contributed by atoms with Crippen LogP contribution >= 0.6 is 0 Å². The zero-order valence-corrected chi connectivity index (χ0v) is 12.1. The second-order valence-electron chi connectivity index (χ2n) is 6.90. The lowest BCUT2D eigenvalue weighted by Gasteiger charge is -2.47. The van der Waals surface area contributed by atoms with Crippen molar-refractivity contribution in [3.05, 3.63) is 29.3 Å². The van der Waals surface area contributed by atoms with Crippen molar-refractivity contribution in [1.82, 2.24) is 0 Å². The fourth-order valence-corrected chi connectivity index (χ4v) is 4.22. The summed E-state index contributed by atoms with van der Waals surface area (Å²) in [6.45, 7) is 6.66. The van der Waals surface area contributed by atoms with Gasteiger partial charge in [0.05, 0.1) is 6.10 Å². The van der Waals surface area contributed by atoms with Gasteiger partial charge in [-0.2, -0.15) is 0 Å². The van der Waals surface area contributed by atoms with E-state index in [9.17, 15) is 5.11 Å². The highest BCUT2D eigenvalue weighted by Crippen LogP contribution is 2.48. The molecule has 2 aliphatic rings. The third kappa shape index (κ3) is 2.38. The number of rotatable bonds is 0. The first-order chi connectivity index (χ1) is 8.97. The number of benzene rings is 1. The van der Waals surface area contributed by atoms with Gasteiger partial charge >= 0.3 is 0 Å². The minimum Gasteiger partial charge on any atom is -0.487 e. The van der Waals surface area contributed by atoms with E-state index in [1.165, 1.54) is 12.0 Å². The molecule has 1 aromatic carbocycles. The fourth-order valence-electron chi connectivity index (χ4n) is 4.22.